The molecule has 8 heterocycles. The molecule has 62 heavy (non-hydrogen) atoms. The van der Waals surface area contributed by atoms with Crippen molar-refractivity contribution in [3.63, 3.8) is 0 Å². The Labute approximate surface area is 363 Å². The van der Waals surface area contributed by atoms with Gasteiger partial charge in [-0.15, -0.1) is 0 Å². The Hall–Kier alpha value is -5.77. The van der Waals surface area contributed by atoms with E-state index in [1.807, 2.05) is 12.1 Å². The third kappa shape index (κ3) is 7.93. The Morgan fingerprint density at radius 3 is 2.71 bits per heavy atom. The number of rotatable bonds is 10. The molecule has 1 aliphatic carbocycles. The molecular weight excluding hydrogens is 801 g/mol. The fraction of sp³-hybridized carbons (Fsp3) is 0.523. The molecule has 3 amide bonds. The first-order valence-electron chi connectivity index (χ1n) is 23.6. The van der Waals surface area contributed by atoms with E-state index in [1.54, 1.807) is 30.1 Å². The molecule has 5 aromatic rings. The highest BCUT2D eigenvalue weighted by Crippen LogP contribution is 2.37. The third-order valence-electron chi connectivity index (χ3n) is 12.6. The van der Waals surface area contributed by atoms with Gasteiger partial charge in [0.05, 0.1) is 66.8 Å². The number of carbonyl (C=O) groups excluding carboxylic acids is 3. The summed E-state index contributed by atoms with van der Waals surface area (Å²) in [5, 5.41) is 18.8. The van der Waals surface area contributed by atoms with Gasteiger partial charge in [-0.2, -0.15) is 15.3 Å². The molecule has 5 fully saturated rings. The SMILES string of the molecule is [2H]C1(OCC#Cc2cccc3c(C4CCC(=O)NC4=O)nn(C)c23)CC([2H])([2H])N(CC2CCC(n3cc(NC(=O)c4cnn5ccc(N6C[C@@H]7C[C@H]6CO7)nc45)c(C(F)F)n3)CC2)C([2H])([2H])C1. The van der Waals surface area contributed by atoms with Crippen molar-refractivity contribution >= 4 is 45.8 Å². The van der Waals surface area contributed by atoms with Crippen LogP contribution < -0.4 is 15.5 Å². The maximum absolute atomic E-state index is 14.4. The number of halogens is 2. The number of likely N-dealkylation sites (tertiary alicyclic amines) is 1. The van der Waals surface area contributed by atoms with Crippen LogP contribution in [0.5, 0.6) is 0 Å². The molecule has 10 rings (SSSR count). The molecule has 5 aliphatic rings. The van der Waals surface area contributed by atoms with Crippen LogP contribution >= 0.6 is 0 Å². The zero-order valence-electron chi connectivity index (χ0n) is 39.0. The number of benzene rings is 1. The average molecular weight is 855 g/mol. The van der Waals surface area contributed by atoms with E-state index in [1.165, 1.54) is 26.5 Å². The van der Waals surface area contributed by atoms with Gasteiger partial charge >= 0.3 is 0 Å². The lowest BCUT2D eigenvalue weighted by molar-refractivity contribution is -0.134. The van der Waals surface area contributed by atoms with Crippen LogP contribution in [0, 0.1) is 17.8 Å². The van der Waals surface area contributed by atoms with Crippen LogP contribution in [0.15, 0.2) is 42.9 Å². The lowest BCUT2D eigenvalue weighted by Crippen LogP contribution is -2.40. The number of alkyl halides is 2. The van der Waals surface area contributed by atoms with E-state index < -0.39 is 61.8 Å². The molecule has 1 aromatic carbocycles. The molecule has 16 nitrogen and oxygen atoms in total. The third-order valence-corrected chi connectivity index (χ3v) is 12.6. The predicted molar refractivity (Wildman–Crippen MR) is 223 cm³/mol. The maximum atomic E-state index is 14.4. The van der Waals surface area contributed by atoms with Gasteiger partial charge in [-0.3, -0.25) is 29.1 Å². The topological polar surface area (TPSA) is 166 Å². The van der Waals surface area contributed by atoms with Crippen LogP contribution in [-0.2, 0) is 26.1 Å². The zero-order valence-corrected chi connectivity index (χ0v) is 34.0. The van der Waals surface area contributed by atoms with E-state index in [0.29, 0.717) is 67.8 Å². The fourth-order valence-electron chi connectivity index (χ4n) is 9.41. The summed E-state index contributed by atoms with van der Waals surface area (Å²) >= 11 is 0. The standard InChI is InChI=1S/C44H49F2N11O5/c1-53-40-27(4-2-6-32(40)38(51-53)33-11-12-37(58)50-43(33)59)5-3-19-61-30-13-16-54(17-14-30)22-26-7-9-28(10-8-26)57-24-35(39(52-57)41(45)46)48-44(60)34-21-47-56-18-15-36(49-42(34)56)55-23-31-20-29(55)25-62-31/h2,4,6,15,18,21,24,26,28-31,33,41H,7-14,16-17,19-20,22-23,25H2,1H3,(H,48,60)(H,50,58,59)/t26?,28?,29-,31-,33?/m0/s1/i16D2,17D2,30D. The van der Waals surface area contributed by atoms with Crippen molar-refractivity contribution in [2.24, 2.45) is 13.0 Å². The Kier molecular flexibility index (Phi) is 9.44. The normalized spacial score (nSPS) is 27.9. The number of aryl methyl sites for hydroxylation is 1. The van der Waals surface area contributed by atoms with Crippen LogP contribution in [0.4, 0.5) is 20.3 Å². The van der Waals surface area contributed by atoms with E-state index in [-0.39, 0.29) is 66.5 Å². The average Bonchev–Trinajstić information content (AvgIpc) is 4.13. The van der Waals surface area contributed by atoms with Gasteiger partial charge in [-0.05, 0) is 69.4 Å². The Bertz CT molecular complexity index is 2820. The van der Waals surface area contributed by atoms with Gasteiger partial charge in [0.15, 0.2) is 11.3 Å². The largest absolute Gasteiger partial charge is 0.374 e. The molecule has 3 atom stereocenters. The van der Waals surface area contributed by atoms with Crippen molar-refractivity contribution in [3.05, 3.63) is 65.4 Å². The predicted octanol–water partition coefficient (Wildman–Crippen LogP) is 4.76. The zero-order chi connectivity index (χ0) is 47.0. The number of aromatic nitrogens is 7. The van der Waals surface area contributed by atoms with Gasteiger partial charge in [-0.25, -0.2) is 18.3 Å². The Morgan fingerprint density at radius 1 is 1.11 bits per heavy atom. The number of anilines is 2. The first-order chi connectivity index (χ1) is 31.9. The quantitative estimate of drug-likeness (QED) is 0.147. The van der Waals surface area contributed by atoms with Crippen molar-refractivity contribution in [1.82, 2.24) is 44.4 Å². The molecule has 4 aliphatic heterocycles. The number of hydrogen-bond acceptors (Lipinski definition) is 11. The molecule has 324 valence electrons. The summed E-state index contributed by atoms with van der Waals surface area (Å²) in [6, 6.07) is 7.13. The number of piperidine rings is 2. The number of morpholine rings is 1. The minimum absolute atomic E-state index is 0.0724. The molecule has 0 radical (unpaired) electrons. The van der Waals surface area contributed by atoms with Gasteiger partial charge in [-0.1, -0.05) is 24.0 Å². The number of fused-ring (bicyclic) bond motifs is 4. The summed E-state index contributed by atoms with van der Waals surface area (Å²) in [6.45, 7) is -3.39. The lowest BCUT2D eigenvalue weighted by atomic mass is 9.85. The second-order valence-electron chi connectivity index (χ2n) is 16.6. The fourth-order valence-corrected chi connectivity index (χ4v) is 9.41. The highest BCUT2D eigenvalue weighted by atomic mass is 19.3. The van der Waals surface area contributed by atoms with Gasteiger partial charge < -0.3 is 24.6 Å². The van der Waals surface area contributed by atoms with Crippen LogP contribution in [0.25, 0.3) is 16.6 Å². The summed E-state index contributed by atoms with van der Waals surface area (Å²) in [6.07, 6.45) is 2.41. The number of amides is 3. The number of ether oxygens (including phenoxy) is 2. The van der Waals surface area contributed by atoms with E-state index in [0.717, 1.165) is 11.8 Å². The molecular formula is C44H49F2N11O5. The maximum Gasteiger partial charge on any atom is 0.284 e. The molecule has 1 unspecified atom stereocenters. The van der Waals surface area contributed by atoms with Gasteiger partial charge in [0.25, 0.3) is 12.3 Å². The summed E-state index contributed by atoms with van der Waals surface area (Å²) in [4.78, 5) is 45.9. The number of imide groups is 1. The lowest BCUT2D eigenvalue weighted by Gasteiger charge is -2.36. The molecule has 1 saturated carbocycles. The minimum Gasteiger partial charge on any atom is -0.374 e. The smallest absolute Gasteiger partial charge is 0.284 e. The summed E-state index contributed by atoms with van der Waals surface area (Å²) in [5.74, 6) is 4.54. The van der Waals surface area contributed by atoms with Crippen molar-refractivity contribution in [2.45, 2.75) is 94.4 Å². The van der Waals surface area contributed by atoms with Gasteiger partial charge in [0, 0.05) is 62.8 Å². The highest BCUT2D eigenvalue weighted by Gasteiger charge is 2.40. The Balaban J connectivity index is 0.755. The van der Waals surface area contributed by atoms with E-state index in [4.69, 9.17) is 21.3 Å². The number of para-hydroxylation sites is 1. The number of nitrogens with zero attached hydrogens (tertiary/aromatic N) is 9. The summed E-state index contributed by atoms with van der Waals surface area (Å²) in [7, 11) is 1.73. The number of nitrogens with one attached hydrogen (secondary N) is 2. The first-order valence-corrected chi connectivity index (χ1v) is 21.1. The second kappa shape index (κ2) is 16.8. The van der Waals surface area contributed by atoms with E-state index in [9.17, 15) is 23.2 Å². The van der Waals surface area contributed by atoms with Crippen LogP contribution in [0.2, 0.25) is 0 Å². The van der Waals surface area contributed by atoms with Crippen molar-refractivity contribution in [1.29, 1.82) is 0 Å². The van der Waals surface area contributed by atoms with Gasteiger partial charge in [0.2, 0.25) is 11.8 Å². The van der Waals surface area contributed by atoms with Crippen LogP contribution in [0.3, 0.4) is 0 Å². The van der Waals surface area contributed by atoms with Crippen LogP contribution in [-0.4, -0.2) is 114 Å². The molecule has 0 spiro atoms. The summed E-state index contributed by atoms with van der Waals surface area (Å²) < 4.78 is 89.6. The number of hydrogen-bond donors (Lipinski definition) is 2. The first kappa shape index (κ1) is 34.8. The van der Waals surface area contributed by atoms with Crippen LogP contribution in [0.1, 0.15) is 110 Å². The second-order valence-corrected chi connectivity index (χ2v) is 16.6. The summed E-state index contributed by atoms with van der Waals surface area (Å²) in [5.41, 5.74) is 1.52. The van der Waals surface area contributed by atoms with E-state index in [2.05, 4.69) is 42.7 Å². The highest BCUT2D eigenvalue weighted by molar-refractivity contribution is 6.08. The minimum atomic E-state index is -2.97. The number of carbonyl (C=O) groups is 3. The molecule has 4 aromatic heterocycles. The van der Waals surface area contributed by atoms with E-state index >= 15 is 0 Å². The molecule has 2 bridgehead atoms. The molecule has 4 saturated heterocycles. The van der Waals surface area contributed by atoms with Gasteiger partial charge in [0.1, 0.15) is 18.0 Å². The molecule has 18 heteroatoms. The monoisotopic (exact) mass is 854 g/mol. The molecule has 2 N–H and O–H groups in total. The Morgan fingerprint density at radius 2 is 1.95 bits per heavy atom. The van der Waals surface area contributed by atoms with Crippen molar-refractivity contribution in [2.75, 3.05) is 49.5 Å². The van der Waals surface area contributed by atoms with Crippen molar-refractivity contribution < 1.29 is 39.5 Å². The van der Waals surface area contributed by atoms with Crippen molar-refractivity contribution in [3.8, 4) is 11.8 Å².